The van der Waals surface area contributed by atoms with E-state index in [1.54, 1.807) is 0 Å². The molecule has 2 aromatic rings. The van der Waals surface area contributed by atoms with Gasteiger partial charge in [0.25, 0.3) is 0 Å². The van der Waals surface area contributed by atoms with E-state index < -0.39 is 5.41 Å². The van der Waals surface area contributed by atoms with Crippen molar-refractivity contribution in [2.24, 2.45) is 0 Å². The number of halogens is 2. The number of carbonyl (C=O) groups is 1. The van der Waals surface area contributed by atoms with Gasteiger partial charge in [0.05, 0.1) is 0 Å². The smallest absolute Gasteiger partial charge is 0.321 e. The minimum Gasteiger partial charge on any atom is -0.457 e. The summed E-state index contributed by atoms with van der Waals surface area (Å²) in [5, 5.41) is 1.30. The maximum absolute atomic E-state index is 13.3. The van der Waals surface area contributed by atoms with Crippen molar-refractivity contribution in [3.63, 3.8) is 0 Å². The highest BCUT2D eigenvalue weighted by molar-refractivity contribution is 6.30. The van der Waals surface area contributed by atoms with E-state index in [2.05, 4.69) is 6.08 Å². The summed E-state index contributed by atoms with van der Waals surface area (Å²) in [5.41, 5.74) is 2.42. The van der Waals surface area contributed by atoms with Crippen molar-refractivity contribution in [1.29, 1.82) is 0 Å². The lowest BCUT2D eigenvalue weighted by atomic mass is 9.72. The molecule has 4 rings (SSSR count). The summed E-state index contributed by atoms with van der Waals surface area (Å²) in [4.78, 5) is 13.3. The van der Waals surface area contributed by atoms with Gasteiger partial charge >= 0.3 is 5.97 Å². The van der Waals surface area contributed by atoms with Crippen LogP contribution in [0, 0.1) is 0 Å². The summed E-state index contributed by atoms with van der Waals surface area (Å²) in [6, 6.07) is 15.1. The largest absolute Gasteiger partial charge is 0.457 e. The van der Waals surface area contributed by atoms with E-state index in [4.69, 9.17) is 27.9 Å². The van der Waals surface area contributed by atoms with Gasteiger partial charge in [0.1, 0.15) is 11.5 Å². The van der Waals surface area contributed by atoms with Crippen LogP contribution in [0.1, 0.15) is 62.5 Å². The zero-order valence-corrected chi connectivity index (χ0v) is 18.0. The van der Waals surface area contributed by atoms with Gasteiger partial charge in [0.2, 0.25) is 0 Å². The zero-order chi connectivity index (χ0) is 20.3. The predicted molar refractivity (Wildman–Crippen MR) is 119 cm³/mol. The van der Waals surface area contributed by atoms with Crippen LogP contribution in [0.5, 0.6) is 0 Å². The van der Waals surface area contributed by atoms with Gasteiger partial charge in [0.15, 0.2) is 0 Å². The Hall–Kier alpha value is -1.77. The molecule has 0 amide bonds. The number of hydrogen-bond donors (Lipinski definition) is 0. The summed E-state index contributed by atoms with van der Waals surface area (Å²) in [7, 11) is 0. The summed E-state index contributed by atoms with van der Waals surface area (Å²) in [5.74, 6) is -0.199. The van der Waals surface area contributed by atoms with Crippen LogP contribution in [-0.2, 0) is 14.9 Å². The fraction of sp³-hybridized carbons (Fsp3) is 0.400. The minimum atomic E-state index is -0.835. The van der Waals surface area contributed by atoms with Crippen LogP contribution in [-0.4, -0.2) is 12.1 Å². The second kappa shape index (κ2) is 8.93. The normalized spacial score (nSPS) is 21.9. The molecule has 2 aliphatic rings. The van der Waals surface area contributed by atoms with Crippen molar-refractivity contribution in [3.05, 3.63) is 81.4 Å². The molecule has 1 saturated carbocycles. The van der Waals surface area contributed by atoms with Crippen LogP contribution >= 0.6 is 23.2 Å². The highest BCUT2D eigenvalue weighted by Gasteiger charge is 2.51. The van der Waals surface area contributed by atoms with E-state index in [0.29, 0.717) is 16.5 Å². The van der Waals surface area contributed by atoms with Gasteiger partial charge in [-0.05, 0) is 67.2 Å². The van der Waals surface area contributed by atoms with E-state index in [1.165, 1.54) is 37.7 Å². The fourth-order valence-electron chi connectivity index (χ4n) is 4.65. The van der Waals surface area contributed by atoms with Gasteiger partial charge in [-0.3, -0.25) is 4.79 Å². The number of esters is 1. The third-order valence-corrected chi connectivity index (χ3v) is 6.71. The highest BCUT2D eigenvalue weighted by atomic mass is 35.5. The third kappa shape index (κ3) is 4.39. The molecule has 0 radical (unpaired) electrons. The Morgan fingerprint density at radius 1 is 0.793 bits per heavy atom. The monoisotopic (exact) mass is 428 g/mol. The Bertz CT molecular complexity index is 829. The molecule has 2 fully saturated rings. The highest BCUT2D eigenvalue weighted by Crippen LogP contribution is 2.45. The van der Waals surface area contributed by atoms with E-state index in [1.807, 2.05) is 48.5 Å². The van der Waals surface area contributed by atoms with E-state index in [9.17, 15) is 4.79 Å². The first-order valence-corrected chi connectivity index (χ1v) is 11.3. The van der Waals surface area contributed by atoms with Gasteiger partial charge in [-0.1, -0.05) is 72.3 Å². The molecule has 1 atom stereocenters. The predicted octanol–water partition coefficient (Wildman–Crippen LogP) is 7.27. The van der Waals surface area contributed by atoms with Crippen molar-refractivity contribution < 1.29 is 9.53 Å². The van der Waals surface area contributed by atoms with Crippen molar-refractivity contribution in [3.8, 4) is 0 Å². The average molecular weight is 429 g/mol. The summed E-state index contributed by atoms with van der Waals surface area (Å²) in [6.07, 6.45) is 11.2. The lowest BCUT2D eigenvalue weighted by Gasteiger charge is -2.26. The molecule has 1 heterocycles. The molecule has 4 heteroatoms. The summed E-state index contributed by atoms with van der Waals surface area (Å²) < 4.78 is 5.94. The second-order valence-electron chi connectivity index (χ2n) is 8.16. The first-order chi connectivity index (χ1) is 14.1. The quantitative estimate of drug-likeness (QED) is 0.379. The van der Waals surface area contributed by atoms with Gasteiger partial charge in [-0.15, -0.1) is 0 Å². The Labute approximate surface area is 182 Å². The van der Waals surface area contributed by atoms with Crippen molar-refractivity contribution in [1.82, 2.24) is 0 Å². The van der Waals surface area contributed by atoms with Crippen LogP contribution in [0.4, 0.5) is 0 Å². The van der Waals surface area contributed by atoms with Crippen LogP contribution < -0.4 is 0 Å². The number of carbonyl (C=O) groups excluding carboxylic acids is 1. The number of cyclic esters (lactones) is 1. The number of ether oxygens (including phenoxy) is 1. The summed E-state index contributed by atoms with van der Waals surface area (Å²) in [6.45, 7) is 0. The molecule has 2 nitrogen and oxygen atoms in total. The maximum Gasteiger partial charge on any atom is 0.321 e. The van der Waals surface area contributed by atoms with Gasteiger partial charge in [-0.2, -0.15) is 0 Å². The molecule has 0 aromatic heterocycles. The van der Waals surface area contributed by atoms with E-state index in [-0.39, 0.29) is 12.1 Å². The molecule has 0 bridgehead atoms. The second-order valence-corrected chi connectivity index (χ2v) is 9.03. The fourth-order valence-corrected chi connectivity index (χ4v) is 4.91. The SMILES string of the molecule is O=C1O[C@H](C=C2CCCCCCC2)CC1(c1ccc(Cl)cc1)c1ccc(Cl)cc1. The molecule has 152 valence electrons. The van der Waals surface area contributed by atoms with Gasteiger partial charge < -0.3 is 4.74 Å². The van der Waals surface area contributed by atoms with Crippen LogP contribution in [0.15, 0.2) is 60.2 Å². The minimum absolute atomic E-state index is 0.199. The van der Waals surface area contributed by atoms with Crippen molar-refractivity contribution >= 4 is 29.2 Å². The standard InChI is InChI=1S/C25H26Cl2O2/c26-21-12-8-19(9-13-21)25(20-10-14-22(27)15-11-20)17-23(29-24(25)28)16-18-6-4-2-1-3-5-7-18/h8-16,23H,1-7,17H2/t23-/m1/s1. The number of benzene rings is 2. The maximum atomic E-state index is 13.3. The van der Waals surface area contributed by atoms with Crippen molar-refractivity contribution in [2.45, 2.75) is 62.9 Å². The lowest BCUT2D eigenvalue weighted by molar-refractivity contribution is -0.143. The molecule has 1 aliphatic carbocycles. The Morgan fingerprint density at radius 2 is 1.28 bits per heavy atom. The molecule has 1 aliphatic heterocycles. The molecular formula is C25H26Cl2O2. The Morgan fingerprint density at radius 3 is 1.79 bits per heavy atom. The first-order valence-electron chi connectivity index (χ1n) is 10.5. The molecule has 2 aromatic carbocycles. The molecule has 0 spiro atoms. The van der Waals surface area contributed by atoms with Crippen LogP contribution in [0.3, 0.4) is 0 Å². The molecule has 29 heavy (non-hydrogen) atoms. The van der Waals surface area contributed by atoms with Gasteiger partial charge in [-0.25, -0.2) is 0 Å². The number of rotatable bonds is 3. The average Bonchev–Trinajstić information content (AvgIpc) is 3.02. The zero-order valence-electron chi connectivity index (χ0n) is 16.5. The molecule has 0 N–H and O–H groups in total. The summed E-state index contributed by atoms with van der Waals surface area (Å²) >= 11 is 12.2. The van der Waals surface area contributed by atoms with E-state index in [0.717, 1.165) is 24.0 Å². The molecular weight excluding hydrogens is 403 g/mol. The van der Waals surface area contributed by atoms with Crippen LogP contribution in [0.25, 0.3) is 0 Å². The van der Waals surface area contributed by atoms with E-state index >= 15 is 0 Å². The lowest BCUT2D eigenvalue weighted by Crippen LogP contribution is -2.33. The third-order valence-electron chi connectivity index (χ3n) is 6.21. The van der Waals surface area contributed by atoms with Crippen molar-refractivity contribution in [2.75, 3.05) is 0 Å². The topological polar surface area (TPSA) is 26.3 Å². The van der Waals surface area contributed by atoms with Gasteiger partial charge in [0, 0.05) is 16.5 Å². The first kappa shape index (κ1) is 20.5. The van der Waals surface area contributed by atoms with Crippen LogP contribution in [0.2, 0.25) is 10.0 Å². The molecule has 1 saturated heterocycles. The number of hydrogen-bond acceptors (Lipinski definition) is 2. The Kier molecular flexibility index (Phi) is 6.32. The Balaban J connectivity index is 1.70. The number of allylic oxidation sites excluding steroid dienone is 1. The molecule has 0 unspecified atom stereocenters.